The number of rotatable bonds is 2. The maximum Gasteiger partial charge on any atom is 0.261 e. The average molecular weight is 271 g/mol. The number of hydrogen-bond acceptors (Lipinski definition) is 5. The summed E-state index contributed by atoms with van der Waals surface area (Å²) in [6.07, 6.45) is 3.56. The number of aromatic nitrogens is 2. The first-order valence-electron chi connectivity index (χ1n) is 5.89. The molecule has 0 atom stereocenters. The lowest BCUT2D eigenvalue weighted by Crippen LogP contribution is -1.89. The second kappa shape index (κ2) is 4.59. The minimum Gasteiger partial charge on any atom is -0.436 e. The molecule has 0 aliphatic heterocycles. The molecule has 3 aromatic rings. The molecule has 2 heterocycles. The highest BCUT2D eigenvalue weighted by Crippen LogP contribution is 2.35. The van der Waals surface area contributed by atoms with Crippen LogP contribution in [0.25, 0.3) is 10.8 Å². The molecular formula is C14H13N3OS. The molecule has 5 heteroatoms. The van der Waals surface area contributed by atoms with Crippen molar-refractivity contribution < 1.29 is 4.42 Å². The molecule has 0 spiro atoms. The summed E-state index contributed by atoms with van der Waals surface area (Å²) in [4.78, 5) is 9.58. The molecule has 2 aromatic heterocycles. The van der Waals surface area contributed by atoms with Crippen molar-refractivity contribution in [3.63, 3.8) is 0 Å². The quantitative estimate of drug-likeness (QED) is 0.722. The molecule has 0 amide bonds. The van der Waals surface area contributed by atoms with Crippen molar-refractivity contribution in [2.24, 2.45) is 0 Å². The maximum atomic E-state index is 5.97. The first kappa shape index (κ1) is 12.0. The van der Waals surface area contributed by atoms with Crippen LogP contribution < -0.4 is 5.73 Å². The normalized spacial score (nSPS) is 11.1. The van der Waals surface area contributed by atoms with Crippen LogP contribution in [-0.4, -0.2) is 9.97 Å². The minimum absolute atomic E-state index is 0.643. The van der Waals surface area contributed by atoms with Crippen molar-refractivity contribution in [2.45, 2.75) is 24.0 Å². The van der Waals surface area contributed by atoms with Crippen LogP contribution in [0.5, 0.6) is 0 Å². The summed E-state index contributed by atoms with van der Waals surface area (Å²) < 4.78 is 5.60. The third-order valence-electron chi connectivity index (χ3n) is 3.02. The predicted octanol–water partition coefficient (Wildman–Crippen LogP) is 3.57. The van der Waals surface area contributed by atoms with Gasteiger partial charge in [0.2, 0.25) is 0 Å². The van der Waals surface area contributed by atoms with E-state index in [1.807, 2.05) is 38.2 Å². The number of oxazole rings is 1. The molecule has 0 aliphatic carbocycles. The molecule has 0 saturated carbocycles. The number of nitrogens with two attached hydrogens (primary N) is 1. The number of nitrogens with zero attached hydrogens (tertiary/aromatic N) is 2. The Bertz CT molecular complexity index is 732. The third kappa shape index (κ3) is 2.17. The van der Waals surface area contributed by atoms with Gasteiger partial charge >= 0.3 is 0 Å². The SMILES string of the molecule is Cc1nc(Sc2ccc(N)c3ccncc23)oc1C. The predicted molar refractivity (Wildman–Crippen MR) is 76.3 cm³/mol. The fraction of sp³-hybridized carbons (Fsp3) is 0.143. The summed E-state index contributed by atoms with van der Waals surface area (Å²) in [7, 11) is 0. The topological polar surface area (TPSA) is 64.9 Å². The summed E-state index contributed by atoms with van der Waals surface area (Å²) >= 11 is 1.49. The van der Waals surface area contributed by atoms with Crippen LogP contribution in [0, 0.1) is 13.8 Å². The Morgan fingerprint density at radius 1 is 1.16 bits per heavy atom. The highest BCUT2D eigenvalue weighted by atomic mass is 32.2. The highest BCUT2D eigenvalue weighted by molar-refractivity contribution is 7.99. The Kier molecular flexibility index (Phi) is 2.91. The fourth-order valence-electron chi connectivity index (χ4n) is 1.86. The van der Waals surface area contributed by atoms with E-state index in [4.69, 9.17) is 10.2 Å². The number of aryl methyl sites for hydroxylation is 2. The van der Waals surface area contributed by atoms with Crippen LogP contribution in [0.4, 0.5) is 5.69 Å². The summed E-state index contributed by atoms with van der Waals surface area (Å²) in [5, 5.41) is 2.66. The molecule has 0 bridgehead atoms. The molecule has 1 aromatic carbocycles. The van der Waals surface area contributed by atoms with E-state index in [1.54, 1.807) is 6.20 Å². The van der Waals surface area contributed by atoms with E-state index in [0.717, 1.165) is 32.8 Å². The first-order chi connectivity index (χ1) is 9.15. The van der Waals surface area contributed by atoms with Crippen molar-refractivity contribution in [2.75, 3.05) is 5.73 Å². The monoisotopic (exact) mass is 271 g/mol. The van der Waals surface area contributed by atoms with Crippen molar-refractivity contribution >= 4 is 28.2 Å². The summed E-state index contributed by atoms with van der Waals surface area (Å²) in [5.41, 5.74) is 7.64. The lowest BCUT2D eigenvalue weighted by atomic mass is 10.1. The van der Waals surface area contributed by atoms with Crippen molar-refractivity contribution in [3.05, 3.63) is 42.0 Å². The van der Waals surface area contributed by atoms with Crippen LogP contribution in [0.2, 0.25) is 0 Å². The van der Waals surface area contributed by atoms with Crippen molar-refractivity contribution in [1.29, 1.82) is 0 Å². The number of hydrogen-bond donors (Lipinski definition) is 1. The molecule has 3 rings (SSSR count). The van der Waals surface area contributed by atoms with Gasteiger partial charge in [0.15, 0.2) is 0 Å². The van der Waals surface area contributed by atoms with Gasteiger partial charge in [-0.15, -0.1) is 0 Å². The van der Waals surface area contributed by atoms with E-state index in [2.05, 4.69) is 9.97 Å². The number of benzene rings is 1. The van der Waals surface area contributed by atoms with Gasteiger partial charge in [-0.05, 0) is 43.8 Å². The summed E-state index contributed by atoms with van der Waals surface area (Å²) in [5.74, 6) is 0.848. The summed E-state index contributed by atoms with van der Waals surface area (Å²) in [6.45, 7) is 3.85. The van der Waals surface area contributed by atoms with Crippen LogP contribution in [0.3, 0.4) is 0 Å². The van der Waals surface area contributed by atoms with E-state index in [0.29, 0.717) is 5.22 Å². The van der Waals surface area contributed by atoms with Gasteiger partial charge in [0.05, 0.1) is 5.69 Å². The van der Waals surface area contributed by atoms with Gasteiger partial charge in [-0.3, -0.25) is 4.98 Å². The van der Waals surface area contributed by atoms with E-state index in [1.165, 1.54) is 11.8 Å². The molecule has 96 valence electrons. The van der Waals surface area contributed by atoms with Gasteiger partial charge in [-0.2, -0.15) is 0 Å². The molecule has 19 heavy (non-hydrogen) atoms. The zero-order valence-electron chi connectivity index (χ0n) is 10.7. The van der Waals surface area contributed by atoms with Gasteiger partial charge < -0.3 is 10.2 Å². The lowest BCUT2D eigenvalue weighted by molar-refractivity contribution is 0.431. The van der Waals surface area contributed by atoms with E-state index >= 15 is 0 Å². The van der Waals surface area contributed by atoms with Crippen molar-refractivity contribution in [1.82, 2.24) is 9.97 Å². The zero-order chi connectivity index (χ0) is 13.4. The fourth-order valence-corrected chi connectivity index (χ4v) is 2.80. The van der Waals surface area contributed by atoms with E-state index < -0.39 is 0 Å². The van der Waals surface area contributed by atoms with Crippen LogP contribution in [0.1, 0.15) is 11.5 Å². The Labute approximate surface area is 115 Å². The molecule has 0 fully saturated rings. The second-order valence-corrected chi connectivity index (χ2v) is 5.29. The van der Waals surface area contributed by atoms with Gasteiger partial charge in [0.25, 0.3) is 5.22 Å². The van der Waals surface area contributed by atoms with Gasteiger partial charge in [0, 0.05) is 33.7 Å². The maximum absolute atomic E-state index is 5.97. The highest BCUT2D eigenvalue weighted by Gasteiger charge is 2.11. The Morgan fingerprint density at radius 3 is 2.74 bits per heavy atom. The number of pyridine rings is 1. The van der Waals surface area contributed by atoms with E-state index in [9.17, 15) is 0 Å². The standard InChI is InChI=1S/C14H13N3OS/c1-8-9(2)18-14(17-8)19-13-4-3-12(15)10-5-6-16-7-11(10)13/h3-7H,15H2,1-2H3. The molecule has 0 unspecified atom stereocenters. The van der Waals surface area contributed by atoms with Crippen LogP contribution in [0.15, 0.2) is 45.1 Å². The number of nitrogen functional groups attached to an aromatic ring is 1. The molecule has 0 aliphatic rings. The van der Waals surface area contributed by atoms with Gasteiger partial charge in [0.1, 0.15) is 5.76 Å². The molecule has 0 radical (unpaired) electrons. The third-order valence-corrected chi connectivity index (χ3v) is 3.94. The second-order valence-electron chi connectivity index (χ2n) is 4.30. The molecular weight excluding hydrogens is 258 g/mol. The minimum atomic E-state index is 0.643. The number of anilines is 1. The van der Waals surface area contributed by atoms with Gasteiger partial charge in [-0.25, -0.2) is 4.98 Å². The summed E-state index contributed by atoms with van der Waals surface area (Å²) in [6, 6.07) is 5.78. The lowest BCUT2D eigenvalue weighted by Gasteiger charge is -2.05. The largest absolute Gasteiger partial charge is 0.436 e. The zero-order valence-corrected chi connectivity index (χ0v) is 11.5. The molecule has 4 nitrogen and oxygen atoms in total. The van der Waals surface area contributed by atoms with Gasteiger partial charge in [-0.1, -0.05) is 0 Å². The van der Waals surface area contributed by atoms with Crippen LogP contribution in [-0.2, 0) is 0 Å². The smallest absolute Gasteiger partial charge is 0.261 e. The van der Waals surface area contributed by atoms with Crippen molar-refractivity contribution in [3.8, 4) is 0 Å². The molecule has 0 saturated heterocycles. The Morgan fingerprint density at radius 2 is 2.00 bits per heavy atom. The van der Waals surface area contributed by atoms with Crippen LogP contribution >= 0.6 is 11.8 Å². The molecule has 2 N–H and O–H groups in total. The Hall–Kier alpha value is -2.01. The number of fused-ring (bicyclic) bond motifs is 1. The van der Waals surface area contributed by atoms with E-state index in [-0.39, 0.29) is 0 Å². The average Bonchev–Trinajstić information content (AvgIpc) is 2.72. The Balaban J connectivity index is 2.08. The first-order valence-corrected chi connectivity index (χ1v) is 6.71.